The summed E-state index contributed by atoms with van der Waals surface area (Å²) in [5.41, 5.74) is 0.0320. The van der Waals surface area contributed by atoms with Crippen LogP contribution in [0, 0.1) is 0 Å². The summed E-state index contributed by atoms with van der Waals surface area (Å²) in [6.07, 6.45) is 1.75. The second-order valence-corrected chi connectivity index (χ2v) is 1.97. The summed E-state index contributed by atoms with van der Waals surface area (Å²) in [4.78, 5) is 24.1. The fraction of sp³-hybridized carbons (Fsp3) is 0. The second-order valence-electron chi connectivity index (χ2n) is 1.97. The molecule has 0 aliphatic rings. The summed E-state index contributed by atoms with van der Waals surface area (Å²) < 4.78 is 0. The van der Waals surface area contributed by atoms with E-state index in [-0.39, 0.29) is 11.4 Å². The molecule has 1 aromatic rings. The molecule has 1 amide bonds. The van der Waals surface area contributed by atoms with Crippen molar-refractivity contribution < 1.29 is 14.7 Å². The highest BCUT2D eigenvalue weighted by molar-refractivity contribution is 5.94. The van der Waals surface area contributed by atoms with Gasteiger partial charge in [-0.3, -0.25) is 4.79 Å². The molecule has 1 aromatic heterocycles. The van der Waals surface area contributed by atoms with E-state index in [0.29, 0.717) is 6.41 Å². The molecule has 5 heteroatoms. The van der Waals surface area contributed by atoms with Gasteiger partial charge >= 0.3 is 5.97 Å². The van der Waals surface area contributed by atoms with Gasteiger partial charge in [0.25, 0.3) is 0 Å². The minimum atomic E-state index is -1.17. The van der Waals surface area contributed by atoms with Crippen LogP contribution in [0.15, 0.2) is 18.3 Å². The van der Waals surface area contributed by atoms with Gasteiger partial charge in [0, 0.05) is 6.20 Å². The van der Waals surface area contributed by atoms with E-state index in [1.54, 1.807) is 0 Å². The third-order valence-corrected chi connectivity index (χ3v) is 1.22. The van der Waals surface area contributed by atoms with Crippen molar-refractivity contribution in [2.75, 3.05) is 5.32 Å². The monoisotopic (exact) mass is 166 g/mol. The normalized spacial score (nSPS) is 9.00. The Morgan fingerprint density at radius 1 is 1.67 bits per heavy atom. The fourth-order valence-corrected chi connectivity index (χ4v) is 0.756. The van der Waals surface area contributed by atoms with Gasteiger partial charge in [-0.2, -0.15) is 0 Å². The van der Waals surface area contributed by atoms with E-state index in [1.165, 1.54) is 18.3 Å². The number of nitrogens with one attached hydrogen (secondary N) is 1. The lowest BCUT2D eigenvalue weighted by Gasteiger charge is -2.00. The number of aromatic nitrogens is 1. The van der Waals surface area contributed by atoms with Crippen LogP contribution in [0.25, 0.3) is 0 Å². The van der Waals surface area contributed by atoms with Gasteiger partial charge in [0.1, 0.15) is 0 Å². The van der Waals surface area contributed by atoms with Gasteiger partial charge in [0.15, 0.2) is 5.69 Å². The Bertz CT molecular complexity index is 311. The van der Waals surface area contributed by atoms with Crippen LogP contribution < -0.4 is 5.32 Å². The summed E-state index contributed by atoms with van der Waals surface area (Å²) in [7, 11) is 0. The maximum absolute atomic E-state index is 10.5. The van der Waals surface area contributed by atoms with Crippen LogP contribution in [0.5, 0.6) is 0 Å². The lowest BCUT2D eigenvalue weighted by atomic mass is 10.3. The molecule has 0 bridgehead atoms. The Balaban J connectivity index is 3.07. The third kappa shape index (κ3) is 1.57. The minimum Gasteiger partial charge on any atom is -0.476 e. The molecule has 0 spiro atoms. The van der Waals surface area contributed by atoms with Crippen LogP contribution in [0.1, 0.15) is 10.5 Å². The van der Waals surface area contributed by atoms with E-state index in [9.17, 15) is 9.59 Å². The lowest BCUT2D eigenvalue weighted by Crippen LogP contribution is -2.06. The number of hydrogen-bond acceptors (Lipinski definition) is 3. The zero-order chi connectivity index (χ0) is 8.97. The highest BCUT2D eigenvalue weighted by Crippen LogP contribution is 2.10. The molecule has 5 nitrogen and oxygen atoms in total. The van der Waals surface area contributed by atoms with Crippen molar-refractivity contribution in [3.8, 4) is 0 Å². The summed E-state index contributed by atoms with van der Waals surface area (Å²) in [5, 5.41) is 10.8. The highest BCUT2D eigenvalue weighted by atomic mass is 16.4. The zero-order valence-corrected chi connectivity index (χ0v) is 6.02. The van der Waals surface area contributed by atoms with Crippen molar-refractivity contribution in [1.82, 2.24) is 4.98 Å². The predicted molar refractivity (Wildman–Crippen MR) is 40.9 cm³/mol. The largest absolute Gasteiger partial charge is 0.476 e. The van der Waals surface area contributed by atoms with Crippen LogP contribution in [0.3, 0.4) is 0 Å². The number of carboxylic acid groups (broad SMARTS) is 1. The van der Waals surface area contributed by atoms with Gasteiger partial charge in [-0.15, -0.1) is 0 Å². The van der Waals surface area contributed by atoms with E-state index in [2.05, 4.69) is 10.3 Å². The van der Waals surface area contributed by atoms with E-state index in [4.69, 9.17) is 5.11 Å². The average molecular weight is 166 g/mol. The number of hydrogen-bond donors (Lipinski definition) is 2. The first-order valence-electron chi connectivity index (χ1n) is 3.14. The minimum absolute atomic E-state index is 0.162. The third-order valence-electron chi connectivity index (χ3n) is 1.22. The van der Waals surface area contributed by atoms with Gasteiger partial charge in [-0.25, -0.2) is 9.78 Å². The van der Waals surface area contributed by atoms with Crippen LogP contribution >= 0.6 is 0 Å². The molecular formula is C7H6N2O3. The molecule has 0 fully saturated rings. The van der Waals surface area contributed by atoms with Crippen LogP contribution in [0.2, 0.25) is 0 Å². The molecule has 1 rings (SSSR count). The number of carboxylic acids is 1. The van der Waals surface area contributed by atoms with E-state index < -0.39 is 5.97 Å². The number of pyridine rings is 1. The second kappa shape index (κ2) is 3.47. The summed E-state index contributed by atoms with van der Waals surface area (Å²) >= 11 is 0. The molecule has 0 aliphatic carbocycles. The first-order valence-corrected chi connectivity index (χ1v) is 3.14. The number of rotatable bonds is 3. The van der Waals surface area contributed by atoms with Crippen LogP contribution in [0.4, 0.5) is 5.69 Å². The van der Waals surface area contributed by atoms with Gasteiger partial charge in [0.05, 0.1) is 5.69 Å². The molecule has 0 saturated heterocycles. The predicted octanol–water partition coefficient (Wildman–Crippen LogP) is 0.348. The maximum Gasteiger partial charge on any atom is 0.356 e. The van der Waals surface area contributed by atoms with Crippen molar-refractivity contribution in [3.05, 3.63) is 24.0 Å². The number of anilines is 1. The fourth-order valence-electron chi connectivity index (χ4n) is 0.756. The molecule has 1 heterocycles. The van der Waals surface area contributed by atoms with E-state index in [0.717, 1.165) is 0 Å². The topological polar surface area (TPSA) is 79.3 Å². The Morgan fingerprint density at radius 2 is 2.42 bits per heavy atom. The maximum atomic E-state index is 10.5. The number of amides is 1. The summed E-state index contributed by atoms with van der Waals surface area (Å²) in [6, 6.07) is 3.00. The quantitative estimate of drug-likeness (QED) is 0.635. The Kier molecular flexibility index (Phi) is 2.37. The number of carbonyl (C=O) groups excluding carboxylic acids is 1. The summed E-state index contributed by atoms with van der Waals surface area (Å²) in [6.45, 7) is 0. The zero-order valence-electron chi connectivity index (χ0n) is 6.02. The molecule has 62 valence electrons. The lowest BCUT2D eigenvalue weighted by molar-refractivity contribution is -0.105. The van der Waals surface area contributed by atoms with Crippen molar-refractivity contribution >= 4 is 18.1 Å². The van der Waals surface area contributed by atoms with Gasteiger partial charge in [0.2, 0.25) is 6.41 Å². The molecule has 12 heavy (non-hydrogen) atoms. The number of nitrogens with zero attached hydrogens (tertiary/aromatic N) is 1. The first-order chi connectivity index (χ1) is 5.75. The van der Waals surface area contributed by atoms with E-state index >= 15 is 0 Å². The highest BCUT2D eigenvalue weighted by Gasteiger charge is 2.09. The molecule has 0 aliphatic heterocycles. The van der Waals surface area contributed by atoms with Crippen molar-refractivity contribution in [2.45, 2.75) is 0 Å². The summed E-state index contributed by atoms with van der Waals surface area (Å²) in [5.74, 6) is -1.17. The standard InChI is InChI=1S/C7H6N2O3/c10-4-9-5-2-1-3-8-6(5)7(11)12/h1-4H,(H,9,10)(H,11,12). The number of carbonyl (C=O) groups is 2. The SMILES string of the molecule is O=CNc1cccnc1C(=O)O. The molecule has 0 radical (unpaired) electrons. The van der Waals surface area contributed by atoms with Crippen LogP contribution in [-0.4, -0.2) is 22.5 Å². The van der Waals surface area contributed by atoms with E-state index in [1.807, 2.05) is 0 Å². The molecule has 0 atom stereocenters. The van der Waals surface area contributed by atoms with Gasteiger partial charge in [-0.1, -0.05) is 0 Å². The molecule has 0 aromatic carbocycles. The van der Waals surface area contributed by atoms with Crippen molar-refractivity contribution in [3.63, 3.8) is 0 Å². The van der Waals surface area contributed by atoms with Crippen LogP contribution in [-0.2, 0) is 4.79 Å². The van der Waals surface area contributed by atoms with Gasteiger partial charge in [-0.05, 0) is 12.1 Å². The average Bonchev–Trinajstić information content (AvgIpc) is 2.05. The molecule has 0 unspecified atom stereocenters. The van der Waals surface area contributed by atoms with Crippen molar-refractivity contribution in [2.24, 2.45) is 0 Å². The molecular weight excluding hydrogens is 160 g/mol. The van der Waals surface area contributed by atoms with Crippen molar-refractivity contribution in [1.29, 1.82) is 0 Å². The first kappa shape index (κ1) is 8.19. The Labute approximate surface area is 68.0 Å². The molecule has 0 saturated carbocycles. The molecule has 2 N–H and O–H groups in total. The smallest absolute Gasteiger partial charge is 0.356 e. The Morgan fingerprint density at radius 3 is 3.00 bits per heavy atom. The Hall–Kier alpha value is -1.91. The number of aromatic carboxylic acids is 1. The van der Waals surface area contributed by atoms with Gasteiger partial charge < -0.3 is 10.4 Å².